The molecule has 0 spiro atoms. The van der Waals surface area contributed by atoms with Gasteiger partial charge in [0.25, 0.3) is 5.91 Å². The first-order valence-electron chi connectivity index (χ1n) is 11.4. The highest BCUT2D eigenvalue weighted by Gasteiger charge is 2.34. The summed E-state index contributed by atoms with van der Waals surface area (Å²) < 4.78 is 10.8. The lowest BCUT2D eigenvalue weighted by Crippen LogP contribution is -2.44. The van der Waals surface area contributed by atoms with Crippen LogP contribution in [0.15, 0.2) is 66.9 Å². The van der Waals surface area contributed by atoms with E-state index >= 15 is 0 Å². The van der Waals surface area contributed by atoms with E-state index in [0.29, 0.717) is 27.4 Å². The number of benzene rings is 2. The summed E-state index contributed by atoms with van der Waals surface area (Å²) in [5.74, 6) is -0.407. The minimum atomic E-state index is -0.951. The van der Waals surface area contributed by atoms with Gasteiger partial charge in [0.05, 0.1) is 5.69 Å². The zero-order valence-electron chi connectivity index (χ0n) is 21.2. The van der Waals surface area contributed by atoms with Crippen molar-refractivity contribution in [1.82, 2.24) is 9.97 Å². The predicted molar refractivity (Wildman–Crippen MR) is 137 cm³/mol. The minimum Gasteiger partial charge on any atom is -0.443 e. The average molecular weight is 491 g/mol. The Morgan fingerprint density at radius 1 is 0.778 bits per heavy atom. The molecule has 0 saturated heterocycles. The smallest absolute Gasteiger partial charge is 0.427 e. The Balaban J connectivity index is 1.86. The summed E-state index contributed by atoms with van der Waals surface area (Å²) >= 11 is 0. The van der Waals surface area contributed by atoms with E-state index in [2.05, 4.69) is 15.3 Å². The molecule has 9 heteroatoms. The van der Waals surface area contributed by atoms with Crippen molar-refractivity contribution in [3.05, 3.63) is 72.4 Å². The van der Waals surface area contributed by atoms with Gasteiger partial charge in [0.1, 0.15) is 11.2 Å². The number of hydrogen-bond acceptors (Lipinski definition) is 7. The Labute approximate surface area is 210 Å². The molecule has 9 nitrogen and oxygen atoms in total. The van der Waals surface area contributed by atoms with Crippen molar-refractivity contribution in [2.45, 2.75) is 52.7 Å². The van der Waals surface area contributed by atoms with Gasteiger partial charge in [-0.15, -0.1) is 4.90 Å². The lowest BCUT2D eigenvalue weighted by Gasteiger charge is -2.27. The molecule has 0 saturated carbocycles. The highest BCUT2D eigenvalue weighted by atomic mass is 16.6. The number of carbonyl (C=O) groups is 3. The first kappa shape index (κ1) is 26.3. The van der Waals surface area contributed by atoms with Crippen molar-refractivity contribution in [2.75, 3.05) is 10.2 Å². The van der Waals surface area contributed by atoms with Crippen LogP contribution in [0.1, 0.15) is 51.9 Å². The molecule has 1 aromatic heterocycles. The normalized spacial score (nSPS) is 11.4. The molecule has 188 valence electrons. The number of carbonyl (C=O) groups excluding carboxylic acids is 3. The maximum absolute atomic E-state index is 12.9. The Hall–Kier alpha value is -4.27. The molecule has 0 radical (unpaired) electrons. The number of nitrogens with zero attached hydrogens (tertiary/aromatic N) is 3. The van der Waals surface area contributed by atoms with Gasteiger partial charge in [-0.3, -0.25) is 4.79 Å². The van der Waals surface area contributed by atoms with Gasteiger partial charge < -0.3 is 14.8 Å². The number of imide groups is 1. The van der Waals surface area contributed by atoms with E-state index in [1.165, 1.54) is 6.20 Å². The van der Waals surface area contributed by atoms with Crippen LogP contribution >= 0.6 is 0 Å². The molecular formula is C27H30N4O5. The van der Waals surface area contributed by atoms with Crippen molar-refractivity contribution in [3.8, 4) is 11.3 Å². The second kappa shape index (κ2) is 10.6. The number of rotatable bonds is 4. The molecule has 3 amide bonds. The van der Waals surface area contributed by atoms with E-state index in [1.54, 1.807) is 96.1 Å². The number of aromatic nitrogens is 2. The molecule has 3 rings (SSSR count). The van der Waals surface area contributed by atoms with Crippen LogP contribution in [-0.4, -0.2) is 39.3 Å². The summed E-state index contributed by atoms with van der Waals surface area (Å²) in [4.78, 5) is 47.4. The van der Waals surface area contributed by atoms with Gasteiger partial charge in [0, 0.05) is 23.0 Å². The van der Waals surface area contributed by atoms with Crippen LogP contribution in [0.5, 0.6) is 0 Å². The van der Waals surface area contributed by atoms with Crippen molar-refractivity contribution >= 4 is 29.7 Å². The fourth-order valence-corrected chi connectivity index (χ4v) is 2.99. The molecule has 1 N–H and O–H groups in total. The van der Waals surface area contributed by atoms with Crippen LogP contribution in [0.4, 0.5) is 21.2 Å². The zero-order chi connectivity index (χ0) is 26.5. The Kier molecular flexibility index (Phi) is 7.72. The van der Waals surface area contributed by atoms with E-state index in [1.807, 2.05) is 6.07 Å². The number of ether oxygens (including phenoxy) is 2. The summed E-state index contributed by atoms with van der Waals surface area (Å²) in [7, 11) is 0. The Bertz CT molecular complexity index is 1200. The van der Waals surface area contributed by atoms with Gasteiger partial charge in [0.2, 0.25) is 5.95 Å². The molecule has 3 aromatic rings. The SMILES string of the molecule is CC(C)(C)OC(=O)N(C(=O)OC(C)(C)C)c1nccc(-c2ccc(NC(=O)c3ccccc3)cc2)n1. The fourth-order valence-electron chi connectivity index (χ4n) is 2.99. The van der Waals surface area contributed by atoms with Crippen molar-refractivity contribution < 1.29 is 23.9 Å². The summed E-state index contributed by atoms with van der Waals surface area (Å²) in [6.07, 6.45) is -0.467. The largest absolute Gasteiger partial charge is 0.443 e. The predicted octanol–water partition coefficient (Wildman–Crippen LogP) is 6.07. The van der Waals surface area contributed by atoms with Crippen LogP contribution in [0, 0.1) is 0 Å². The van der Waals surface area contributed by atoms with E-state index in [4.69, 9.17) is 9.47 Å². The van der Waals surface area contributed by atoms with Crippen molar-refractivity contribution in [1.29, 1.82) is 0 Å². The van der Waals surface area contributed by atoms with Gasteiger partial charge >= 0.3 is 12.2 Å². The molecule has 0 bridgehead atoms. The first-order valence-corrected chi connectivity index (χ1v) is 11.4. The third kappa shape index (κ3) is 7.36. The van der Waals surface area contributed by atoms with Crippen LogP contribution in [0.2, 0.25) is 0 Å². The molecule has 0 aliphatic rings. The van der Waals surface area contributed by atoms with Gasteiger partial charge in [0.15, 0.2) is 0 Å². The van der Waals surface area contributed by atoms with Gasteiger partial charge in [-0.2, -0.15) is 0 Å². The van der Waals surface area contributed by atoms with E-state index in [-0.39, 0.29) is 11.9 Å². The van der Waals surface area contributed by atoms with Crippen LogP contribution in [0.3, 0.4) is 0 Å². The van der Waals surface area contributed by atoms with Crippen molar-refractivity contribution in [3.63, 3.8) is 0 Å². The highest BCUT2D eigenvalue weighted by molar-refractivity contribution is 6.08. The lowest BCUT2D eigenvalue weighted by atomic mass is 10.1. The fraction of sp³-hybridized carbons (Fsp3) is 0.296. The molecular weight excluding hydrogens is 460 g/mol. The maximum Gasteiger partial charge on any atom is 0.427 e. The monoisotopic (exact) mass is 490 g/mol. The summed E-state index contributed by atoms with van der Waals surface area (Å²) in [5.41, 5.74) is 0.587. The van der Waals surface area contributed by atoms with Gasteiger partial charge in [-0.1, -0.05) is 30.3 Å². The summed E-state index contributed by atoms with van der Waals surface area (Å²) in [5, 5.41) is 2.84. The van der Waals surface area contributed by atoms with E-state index < -0.39 is 23.4 Å². The average Bonchev–Trinajstić information content (AvgIpc) is 2.78. The number of nitrogens with one attached hydrogen (secondary N) is 1. The standard InChI is InChI=1S/C27H30N4O5/c1-26(2,3)35-24(33)31(25(34)36-27(4,5)6)23-28-17-16-21(30-23)18-12-14-20(15-13-18)29-22(32)19-10-8-7-9-11-19/h7-17H,1-6H3,(H,29,32). The lowest BCUT2D eigenvalue weighted by molar-refractivity contribution is 0.0427. The third-order valence-electron chi connectivity index (χ3n) is 4.47. The Morgan fingerprint density at radius 3 is 1.86 bits per heavy atom. The van der Waals surface area contributed by atoms with E-state index in [0.717, 1.165) is 0 Å². The molecule has 0 atom stereocenters. The first-order chi connectivity index (χ1) is 16.8. The van der Waals surface area contributed by atoms with E-state index in [9.17, 15) is 14.4 Å². The second-order valence-electron chi connectivity index (χ2n) is 9.94. The molecule has 0 aliphatic carbocycles. The molecule has 0 aliphatic heterocycles. The van der Waals surface area contributed by atoms with Crippen LogP contribution in [-0.2, 0) is 9.47 Å². The van der Waals surface area contributed by atoms with Crippen LogP contribution in [0.25, 0.3) is 11.3 Å². The van der Waals surface area contributed by atoms with Crippen LogP contribution < -0.4 is 10.2 Å². The Morgan fingerprint density at radius 2 is 1.33 bits per heavy atom. The summed E-state index contributed by atoms with van der Waals surface area (Å²) in [6.45, 7) is 10.1. The highest BCUT2D eigenvalue weighted by Crippen LogP contribution is 2.24. The minimum absolute atomic E-state index is 0.183. The number of anilines is 2. The second-order valence-corrected chi connectivity index (χ2v) is 9.94. The summed E-state index contributed by atoms with van der Waals surface area (Å²) in [6, 6.07) is 17.5. The number of amides is 3. The molecule has 0 unspecified atom stereocenters. The quantitative estimate of drug-likeness (QED) is 0.472. The molecule has 36 heavy (non-hydrogen) atoms. The topological polar surface area (TPSA) is 111 Å². The van der Waals surface area contributed by atoms with Gasteiger partial charge in [-0.05, 0) is 71.9 Å². The van der Waals surface area contributed by atoms with Crippen molar-refractivity contribution in [2.24, 2.45) is 0 Å². The molecule has 2 aromatic carbocycles. The molecule has 0 fully saturated rings. The van der Waals surface area contributed by atoms with Gasteiger partial charge in [-0.25, -0.2) is 19.6 Å². The number of hydrogen-bond donors (Lipinski definition) is 1. The zero-order valence-corrected chi connectivity index (χ0v) is 21.2. The maximum atomic E-state index is 12.9. The molecule has 1 heterocycles. The third-order valence-corrected chi connectivity index (χ3v) is 4.47.